The number of carbonyl (C=O) groups is 2. The lowest BCUT2D eigenvalue weighted by molar-refractivity contribution is -0.126. The van der Waals surface area contributed by atoms with Gasteiger partial charge in [0.25, 0.3) is 0 Å². The Labute approximate surface area is 141 Å². The quantitative estimate of drug-likeness (QED) is 0.864. The summed E-state index contributed by atoms with van der Waals surface area (Å²) in [6.45, 7) is 4.56. The third kappa shape index (κ3) is 2.50. The number of hydrogen-bond donors (Lipinski definition) is 1. The fourth-order valence-electron chi connectivity index (χ4n) is 3.63. The Morgan fingerprint density at radius 1 is 1.33 bits per heavy atom. The molecule has 1 amide bonds. The van der Waals surface area contributed by atoms with Gasteiger partial charge in [-0.05, 0) is 37.3 Å². The van der Waals surface area contributed by atoms with Gasteiger partial charge in [0.05, 0.1) is 0 Å². The molecule has 0 spiro atoms. The molecular formula is C19H20N2O3. The topological polar surface area (TPSA) is 58.6 Å². The van der Waals surface area contributed by atoms with Crippen LogP contribution in [-0.4, -0.2) is 29.7 Å². The molecule has 0 bridgehead atoms. The first kappa shape index (κ1) is 15.0. The summed E-state index contributed by atoms with van der Waals surface area (Å²) in [5.41, 5.74) is 5.60. The number of aldehydes is 1. The highest BCUT2D eigenvalue weighted by atomic mass is 16.5. The van der Waals surface area contributed by atoms with E-state index in [2.05, 4.69) is 22.9 Å². The molecule has 1 atom stereocenters. The van der Waals surface area contributed by atoms with E-state index in [0.29, 0.717) is 6.54 Å². The van der Waals surface area contributed by atoms with E-state index in [9.17, 15) is 9.59 Å². The molecule has 1 saturated heterocycles. The number of ether oxygens (including phenoxy) is 1. The minimum atomic E-state index is -0.176. The van der Waals surface area contributed by atoms with Crippen molar-refractivity contribution >= 4 is 17.9 Å². The summed E-state index contributed by atoms with van der Waals surface area (Å²) in [7, 11) is 0. The maximum absolute atomic E-state index is 12.5. The van der Waals surface area contributed by atoms with Crippen LogP contribution in [0.1, 0.15) is 36.8 Å². The molecule has 5 nitrogen and oxygen atoms in total. The van der Waals surface area contributed by atoms with Crippen molar-refractivity contribution in [3.8, 4) is 5.75 Å². The first-order valence-corrected chi connectivity index (χ1v) is 8.35. The number of fused-ring (bicyclic) bond motifs is 1. The van der Waals surface area contributed by atoms with Crippen LogP contribution in [0.4, 0.5) is 0 Å². The summed E-state index contributed by atoms with van der Waals surface area (Å²) < 4.78 is 5.59. The highest BCUT2D eigenvalue weighted by Gasteiger charge is 2.39. The van der Waals surface area contributed by atoms with Crippen molar-refractivity contribution in [1.82, 2.24) is 10.2 Å². The van der Waals surface area contributed by atoms with Crippen LogP contribution < -0.4 is 10.1 Å². The summed E-state index contributed by atoms with van der Waals surface area (Å²) in [5.74, 6) is 0.759. The molecule has 1 aromatic carbocycles. The second kappa shape index (κ2) is 5.82. The zero-order chi connectivity index (χ0) is 16.7. The second-order valence-electron chi connectivity index (χ2n) is 6.49. The molecule has 1 aromatic rings. The first-order valence-electron chi connectivity index (χ1n) is 8.35. The van der Waals surface area contributed by atoms with E-state index in [1.54, 1.807) is 0 Å². The average Bonchev–Trinajstić information content (AvgIpc) is 3.33. The number of benzene rings is 1. The summed E-state index contributed by atoms with van der Waals surface area (Å²) >= 11 is 0. The van der Waals surface area contributed by atoms with E-state index < -0.39 is 0 Å². The highest BCUT2D eigenvalue weighted by Crippen LogP contribution is 2.47. The predicted molar refractivity (Wildman–Crippen MR) is 90.0 cm³/mol. The molecule has 2 fully saturated rings. The third-order valence-electron chi connectivity index (χ3n) is 4.84. The summed E-state index contributed by atoms with van der Waals surface area (Å²) in [6, 6.07) is 5.76. The van der Waals surface area contributed by atoms with Gasteiger partial charge in [0.15, 0.2) is 6.29 Å². The predicted octanol–water partition coefficient (Wildman–Crippen LogP) is 2.38. The Hall–Kier alpha value is -2.56. The molecule has 1 unspecified atom stereocenters. The van der Waals surface area contributed by atoms with E-state index in [1.807, 2.05) is 12.1 Å². The molecule has 2 heterocycles. The number of piperidine rings is 1. The smallest absolute Gasteiger partial charge is 0.246 e. The molecule has 4 rings (SSSR count). The summed E-state index contributed by atoms with van der Waals surface area (Å²) in [6.07, 6.45) is 4.52. The molecule has 0 aromatic heterocycles. The van der Waals surface area contributed by atoms with Crippen molar-refractivity contribution in [2.24, 2.45) is 0 Å². The average molecular weight is 324 g/mol. The largest absolute Gasteiger partial charge is 0.486 e. The number of amides is 1. The normalized spacial score (nSPS) is 22.3. The van der Waals surface area contributed by atoms with Crippen molar-refractivity contribution in [3.63, 3.8) is 0 Å². The van der Waals surface area contributed by atoms with E-state index >= 15 is 0 Å². The van der Waals surface area contributed by atoms with Gasteiger partial charge in [0, 0.05) is 29.1 Å². The molecule has 5 heteroatoms. The van der Waals surface area contributed by atoms with Gasteiger partial charge in [-0.1, -0.05) is 18.7 Å². The zero-order valence-corrected chi connectivity index (χ0v) is 13.5. The number of nitrogens with zero attached hydrogens (tertiary/aromatic N) is 1. The van der Waals surface area contributed by atoms with E-state index in [0.717, 1.165) is 54.5 Å². The van der Waals surface area contributed by atoms with Gasteiger partial charge in [0.1, 0.15) is 18.4 Å². The Kier molecular flexibility index (Phi) is 3.63. The number of carbonyl (C=O) groups excluding carboxylic acids is 2. The lowest BCUT2D eigenvalue weighted by Gasteiger charge is -2.33. The van der Waals surface area contributed by atoms with Crippen LogP contribution in [0.3, 0.4) is 0 Å². The minimum absolute atomic E-state index is 0.0215. The van der Waals surface area contributed by atoms with E-state index in [1.165, 1.54) is 11.3 Å². The van der Waals surface area contributed by atoms with Gasteiger partial charge in [-0.3, -0.25) is 9.59 Å². The monoisotopic (exact) mass is 324 g/mol. The van der Waals surface area contributed by atoms with Gasteiger partial charge in [-0.15, -0.1) is 0 Å². The number of nitrogens with one attached hydrogen (secondary N) is 1. The lowest BCUT2D eigenvalue weighted by atomic mass is 10.0. The van der Waals surface area contributed by atoms with E-state index in [-0.39, 0.29) is 18.6 Å². The van der Waals surface area contributed by atoms with Crippen LogP contribution in [0.15, 0.2) is 36.0 Å². The third-order valence-corrected chi connectivity index (χ3v) is 4.84. The van der Waals surface area contributed by atoms with Crippen molar-refractivity contribution in [2.75, 3.05) is 6.61 Å². The van der Waals surface area contributed by atoms with Crippen LogP contribution >= 0.6 is 0 Å². The number of hydrogen-bond acceptors (Lipinski definition) is 4. The van der Waals surface area contributed by atoms with Crippen LogP contribution in [-0.2, 0) is 16.1 Å². The Bertz CT molecular complexity index is 760. The van der Waals surface area contributed by atoms with Gasteiger partial charge in [-0.25, -0.2) is 0 Å². The molecule has 1 aliphatic carbocycles. The molecular weight excluding hydrogens is 304 g/mol. The van der Waals surface area contributed by atoms with Gasteiger partial charge in [0.2, 0.25) is 5.91 Å². The molecule has 3 aliphatic rings. The zero-order valence-electron chi connectivity index (χ0n) is 13.5. The maximum Gasteiger partial charge on any atom is 0.246 e. The molecule has 124 valence electrons. The Balaban J connectivity index is 1.70. The highest BCUT2D eigenvalue weighted by molar-refractivity contribution is 5.88. The van der Waals surface area contributed by atoms with Crippen molar-refractivity contribution in [2.45, 2.75) is 38.3 Å². The summed E-state index contributed by atoms with van der Waals surface area (Å²) in [5, 5.41) is 2.89. The first-order chi connectivity index (χ1) is 11.7. The van der Waals surface area contributed by atoms with Gasteiger partial charge >= 0.3 is 0 Å². The number of allylic oxidation sites excluding steroid dienone is 2. The minimum Gasteiger partial charge on any atom is -0.486 e. The van der Waals surface area contributed by atoms with Crippen molar-refractivity contribution < 1.29 is 14.3 Å². The standard InChI is InChI=1S/C19H20N2O3/c1-12-5-8-16(19(23)20-12)21-11-15-14(18(21)13-6-7-13)3-2-4-17(15)24-10-9-22/h2-4,9,16H,1,5-8,10-11H2,(H,20,23). The second-order valence-corrected chi connectivity index (χ2v) is 6.49. The van der Waals surface area contributed by atoms with Crippen molar-refractivity contribution in [3.05, 3.63) is 47.2 Å². The molecule has 2 aliphatic heterocycles. The van der Waals surface area contributed by atoms with Crippen LogP contribution in [0.25, 0.3) is 5.70 Å². The Morgan fingerprint density at radius 2 is 2.17 bits per heavy atom. The van der Waals surface area contributed by atoms with Gasteiger partial charge < -0.3 is 15.0 Å². The lowest BCUT2D eigenvalue weighted by Crippen LogP contribution is -2.47. The fourth-order valence-corrected chi connectivity index (χ4v) is 3.63. The van der Waals surface area contributed by atoms with Gasteiger partial charge in [-0.2, -0.15) is 0 Å². The Morgan fingerprint density at radius 3 is 2.88 bits per heavy atom. The van der Waals surface area contributed by atoms with Crippen LogP contribution in [0.5, 0.6) is 5.75 Å². The molecule has 0 radical (unpaired) electrons. The maximum atomic E-state index is 12.5. The van der Waals surface area contributed by atoms with Crippen LogP contribution in [0, 0.1) is 0 Å². The van der Waals surface area contributed by atoms with Crippen molar-refractivity contribution in [1.29, 1.82) is 0 Å². The fraction of sp³-hybridized carbons (Fsp3) is 0.368. The molecule has 1 N–H and O–H groups in total. The van der Waals surface area contributed by atoms with E-state index in [4.69, 9.17) is 4.74 Å². The summed E-state index contributed by atoms with van der Waals surface area (Å²) in [4.78, 5) is 25.3. The SMILES string of the molecule is C=C1CCC(N2Cc3c(OCC=O)cccc3C2=C2CC2)C(=O)N1. The molecule has 24 heavy (non-hydrogen) atoms. The molecule has 1 saturated carbocycles. The van der Waals surface area contributed by atoms with Crippen LogP contribution in [0.2, 0.25) is 0 Å². The number of rotatable bonds is 4.